The van der Waals surface area contributed by atoms with Gasteiger partial charge in [-0.15, -0.1) is 0 Å². The van der Waals surface area contributed by atoms with Gasteiger partial charge in [0.05, 0.1) is 0 Å². The van der Waals surface area contributed by atoms with Gasteiger partial charge in [0.2, 0.25) is 0 Å². The second-order valence-corrected chi connectivity index (χ2v) is 8.41. The molecule has 2 heteroatoms. The van der Waals surface area contributed by atoms with Crippen molar-refractivity contribution in [2.75, 3.05) is 13.1 Å². The molecular weight excluding hydrogens is 268 g/mol. The molecule has 0 spiro atoms. The van der Waals surface area contributed by atoms with E-state index in [-0.39, 0.29) is 5.54 Å². The average molecular weight is 313 g/mol. The number of rotatable bonds is 14. The Labute approximate surface area is 141 Å². The second-order valence-electron chi connectivity index (χ2n) is 8.41. The van der Waals surface area contributed by atoms with Crippen molar-refractivity contribution in [3.63, 3.8) is 0 Å². The number of hydrogen-bond acceptors (Lipinski definition) is 2. The Morgan fingerprint density at radius 2 is 1.32 bits per heavy atom. The predicted octanol–water partition coefficient (Wildman–Crippen LogP) is 5.38. The quantitative estimate of drug-likeness (QED) is 0.421. The molecule has 2 nitrogen and oxygen atoms in total. The minimum Gasteiger partial charge on any atom is -0.312 e. The smallest absolute Gasteiger partial charge is 0.0278 e. The fourth-order valence-electron chi connectivity index (χ4n) is 2.82. The van der Waals surface area contributed by atoms with Gasteiger partial charge in [-0.3, -0.25) is 0 Å². The van der Waals surface area contributed by atoms with Crippen LogP contribution in [0.3, 0.4) is 0 Å². The zero-order valence-electron chi connectivity index (χ0n) is 16.6. The van der Waals surface area contributed by atoms with Gasteiger partial charge in [-0.2, -0.15) is 0 Å². The van der Waals surface area contributed by atoms with Gasteiger partial charge in [-0.25, -0.2) is 0 Å². The number of unbranched alkanes of at least 4 members (excludes halogenated alkanes) is 5. The summed E-state index contributed by atoms with van der Waals surface area (Å²) in [5, 5.41) is 7.60. The first kappa shape index (κ1) is 21.9. The van der Waals surface area contributed by atoms with E-state index in [1.54, 1.807) is 0 Å². The summed E-state index contributed by atoms with van der Waals surface area (Å²) in [6, 6.07) is 0.569. The van der Waals surface area contributed by atoms with Crippen LogP contribution in [0.4, 0.5) is 0 Å². The fourth-order valence-corrected chi connectivity index (χ4v) is 2.82. The molecule has 0 aliphatic carbocycles. The van der Waals surface area contributed by atoms with Crippen molar-refractivity contribution in [3.8, 4) is 0 Å². The normalized spacial score (nSPS) is 14.0. The van der Waals surface area contributed by atoms with Crippen LogP contribution in [-0.2, 0) is 0 Å². The van der Waals surface area contributed by atoms with Gasteiger partial charge in [0.25, 0.3) is 0 Å². The maximum absolute atomic E-state index is 3.82. The SMILES string of the molecule is CCCCCCCCC(NCC(C)C)C(C)(C)NCC(C)C. The van der Waals surface area contributed by atoms with Crippen molar-refractivity contribution in [2.24, 2.45) is 11.8 Å². The molecule has 0 rings (SSSR count). The number of hydrogen-bond donors (Lipinski definition) is 2. The van der Waals surface area contributed by atoms with Crippen LogP contribution in [0.25, 0.3) is 0 Å². The van der Waals surface area contributed by atoms with Crippen LogP contribution in [-0.4, -0.2) is 24.7 Å². The molecule has 0 saturated heterocycles. The average Bonchev–Trinajstić information content (AvgIpc) is 2.43. The largest absolute Gasteiger partial charge is 0.312 e. The Balaban J connectivity index is 4.28. The van der Waals surface area contributed by atoms with Crippen LogP contribution in [0.2, 0.25) is 0 Å². The third-order valence-corrected chi connectivity index (χ3v) is 4.46. The van der Waals surface area contributed by atoms with E-state index in [2.05, 4.69) is 59.1 Å². The van der Waals surface area contributed by atoms with Crippen LogP contribution in [0.15, 0.2) is 0 Å². The van der Waals surface area contributed by atoms with Gasteiger partial charge in [-0.1, -0.05) is 73.1 Å². The summed E-state index contributed by atoms with van der Waals surface area (Å²) >= 11 is 0. The molecule has 0 aromatic heterocycles. The predicted molar refractivity (Wildman–Crippen MR) is 102 cm³/mol. The molecule has 1 unspecified atom stereocenters. The lowest BCUT2D eigenvalue weighted by molar-refractivity contribution is 0.243. The van der Waals surface area contributed by atoms with E-state index in [4.69, 9.17) is 0 Å². The third kappa shape index (κ3) is 11.5. The molecule has 0 heterocycles. The van der Waals surface area contributed by atoms with E-state index in [0.717, 1.165) is 13.1 Å². The van der Waals surface area contributed by atoms with Crippen LogP contribution >= 0.6 is 0 Å². The Hall–Kier alpha value is -0.0800. The van der Waals surface area contributed by atoms with Gasteiger partial charge in [-0.05, 0) is 45.2 Å². The summed E-state index contributed by atoms with van der Waals surface area (Å²) in [6.45, 7) is 18.4. The molecule has 0 aromatic carbocycles. The molecule has 0 saturated carbocycles. The molecule has 2 N–H and O–H groups in total. The molecule has 0 amide bonds. The van der Waals surface area contributed by atoms with Crippen molar-refractivity contribution < 1.29 is 0 Å². The van der Waals surface area contributed by atoms with Crippen LogP contribution in [0.1, 0.15) is 93.4 Å². The Kier molecular flexibility index (Phi) is 12.3. The van der Waals surface area contributed by atoms with E-state index >= 15 is 0 Å². The third-order valence-electron chi connectivity index (χ3n) is 4.46. The second kappa shape index (κ2) is 12.4. The van der Waals surface area contributed by atoms with Gasteiger partial charge in [0, 0.05) is 11.6 Å². The van der Waals surface area contributed by atoms with Crippen LogP contribution in [0.5, 0.6) is 0 Å². The van der Waals surface area contributed by atoms with E-state index in [0.29, 0.717) is 17.9 Å². The molecule has 0 aliphatic heterocycles. The highest BCUT2D eigenvalue weighted by atomic mass is 15.1. The van der Waals surface area contributed by atoms with Crippen molar-refractivity contribution in [1.29, 1.82) is 0 Å². The van der Waals surface area contributed by atoms with Crippen LogP contribution < -0.4 is 10.6 Å². The van der Waals surface area contributed by atoms with E-state index in [1.165, 1.54) is 44.9 Å². The van der Waals surface area contributed by atoms with Gasteiger partial charge in [0.1, 0.15) is 0 Å². The summed E-state index contributed by atoms with van der Waals surface area (Å²) in [7, 11) is 0. The molecule has 0 aliphatic rings. The highest BCUT2D eigenvalue weighted by Gasteiger charge is 2.28. The molecule has 1 atom stereocenters. The first-order valence-corrected chi connectivity index (χ1v) is 9.78. The molecule has 0 aromatic rings. The van der Waals surface area contributed by atoms with E-state index in [1.807, 2.05) is 0 Å². The lowest BCUT2D eigenvalue weighted by Gasteiger charge is -2.37. The maximum atomic E-state index is 3.82. The summed E-state index contributed by atoms with van der Waals surface area (Å²) in [5.41, 5.74) is 0.169. The van der Waals surface area contributed by atoms with E-state index < -0.39 is 0 Å². The van der Waals surface area contributed by atoms with Gasteiger partial charge in [0.15, 0.2) is 0 Å². The van der Waals surface area contributed by atoms with Gasteiger partial charge >= 0.3 is 0 Å². The summed E-state index contributed by atoms with van der Waals surface area (Å²) in [6.07, 6.45) is 9.59. The standard InChI is InChI=1S/C20H44N2/c1-8-9-10-11-12-13-14-19(21-15-17(2)3)20(6,7)22-16-18(4)5/h17-19,21-22H,8-16H2,1-7H3. The van der Waals surface area contributed by atoms with Crippen molar-refractivity contribution in [1.82, 2.24) is 10.6 Å². The Morgan fingerprint density at radius 1 is 0.773 bits per heavy atom. The lowest BCUT2D eigenvalue weighted by atomic mass is 9.89. The summed E-state index contributed by atoms with van der Waals surface area (Å²) < 4.78 is 0. The first-order chi connectivity index (χ1) is 10.3. The molecule has 0 fully saturated rings. The number of nitrogens with one attached hydrogen (secondary N) is 2. The molecule has 22 heavy (non-hydrogen) atoms. The zero-order chi connectivity index (χ0) is 17.0. The van der Waals surface area contributed by atoms with Crippen LogP contribution in [0, 0.1) is 11.8 Å². The molecule has 0 radical (unpaired) electrons. The van der Waals surface area contributed by atoms with Crippen molar-refractivity contribution in [3.05, 3.63) is 0 Å². The highest BCUT2D eigenvalue weighted by Crippen LogP contribution is 2.18. The topological polar surface area (TPSA) is 24.1 Å². The summed E-state index contributed by atoms with van der Waals surface area (Å²) in [5.74, 6) is 1.42. The highest BCUT2D eigenvalue weighted by molar-refractivity contribution is 4.91. The van der Waals surface area contributed by atoms with Gasteiger partial charge < -0.3 is 10.6 Å². The maximum Gasteiger partial charge on any atom is 0.0278 e. The fraction of sp³-hybridized carbons (Fsp3) is 1.00. The molecule has 134 valence electrons. The first-order valence-electron chi connectivity index (χ1n) is 9.78. The van der Waals surface area contributed by atoms with E-state index in [9.17, 15) is 0 Å². The lowest BCUT2D eigenvalue weighted by Crippen LogP contribution is -2.57. The Morgan fingerprint density at radius 3 is 1.86 bits per heavy atom. The van der Waals surface area contributed by atoms with Crippen molar-refractivity contribution in [2.45, 2.75) is 105 Å². The zero-order valence-corrected chi connectivity index (χ0v) is 16.6. The van der Waals surface area contributed by atoms with Crippen molar-refractivity contribution >= 4 is 0 Å². The molecule has 0 bridgehead atoms. The minimum absolute atomic E-state index is 0.169. The summed E-state index contributed by atoms with van der Waals surface area (Å²) in [4.78, 5) is 0. The Bertz CT molecular complexity index is 246. The minimum atomic E-state index is 0.169. The molecular formula is C20H44N2. The monoisotopic (exact) mass is 312 g/mol.